The van der Waals surface area contributed by atoms with Gasteiger partial charge in [-0.2, -0.15) is 0 Å². The molecule has 6 nitrogen and oxygen atoms in total. The number of carbonyl (C=O) groups excluding carboxylic acids is 1. The molecule has 160 valence electrons. The van der Waals surface area contributed by atoms with Crippen LogP contribution in [0.3, 0.4) is 0 Å². The number of thiazole rings is 1. The fourth-order valence-corrected chi connectivity index (χ4v) is 5.44. The Hall–Kier alpha value is -3.04. The van der Waals surface area contributed by atoms with Crippen LogP contribution in [0.1, 0.15) is 17.7 Å². The number of fused-ring (bicyclic) bond motifs is 1. The molecule has 0 saturated heterocycles. The van der Waals surface area contributed by atoms with Crippen LogP contribution in [0.2, 0.25) is 0 Å². The molecule has 1 amide bonds. The fourth-order valence-electron chi connectivity index (χ4n) is 3.12. The van der Waals surface area contributed by atoms with E-state index in [-0.39, 0.29) is 30.0 Å². The summed E-state index contributed by atoms with van der Waals surface area (Å²) in [6, 6.07) is 16.8. The lowest BCUT2D eigenvalue weighted by atomic mass is 10.2. The van der Waals surface area contributed by atoms with Gasteiger partial charge in [-0.3, -0.25) is 9.69 Å². The van der Waals surface area contributed by atoms with Crippen LogP contribution in [-0.2, 0) is 26.9 Å². The van der Waals surface area contributed by atoms with Gasteiger partial charge in [0.25, 0.3) is 0 Å². The van der Waals surface area contributed by atoms with Crippen LogP contribution < -0.4 is 4.90 Å². The minimum Gasteiger partial charge on any atom is -0.467 e. The maximum absolute atomic E-state index is 14.1. The highest BCUT2D eigenvalue weighted by atomic mass is 32.2. The molecular weight excluding hydrogens is 439 g/mol. The molecule has 2 aromatic heterocycles. The van der Waals surface area contributed by atoms with Crippen molar-refractivity contribution in [3.05, 3.63) is 84.1 Å². The number of furan rings is 1. The third-order valence-electron chi connectivity index (χ3n) is 4.64. The number of sulfone groups is 1. The van der Waals surface area contributed by atoms with Crippen LogP contribution in [0.4, 0.5) is 9.52 Å². The van der Waals surface area contributed by atoms with Gasteiger partial charge < -0.3 is 4.42 Å². The topological polar surface area (TPSA) is 80.5 Å². The lowest BCUT2D eigenvalue weighted by Gasteiger charge is -2.18. The van der Waals surface area contributed by atoms with E-state index >= 15 is 0 Å². The number of benzene rings is 2. The summed E-state index contributed by atoms with van der Waals surface area (Å²) in [5.74, 6) is -0.816. The number of anilines is 1. The monoisotopic (exact) mass is 458 g/mol. The van der Waals surface area contributed by atoms with Crippen molar-refractivity contribution in [1.29, 1.82) is 0 Å². The van der Waals surface area contributed by atoms with Crippen molar-refractivity contribution in [1.82, 2.24) is 4.98 Å². The largest absolute Gasteiger partial charge is 0.467 e. The van der Waals surface area contributed by atoms with Crippen LogP contribution in [0.25, 0.3) is 10.2 Å². The lowest BCUT2D eigenvalue weighted by Crippen LogP contribution is -2.31. The van der Waals surface area contributed by atoms with Crippen molar-refractivity contribution in [3.8, 4) is 0 Å². The molecule has 0 aliphatic rings. The molecule has 9 heteroatoms. The second kappa shape index (κ2) is 8.99. The molecule has 2 heterocycles. The molecule has 0 atom stereocenters. The van der Waals surface area contributed by atoms with E-state index in [4.69, 9.17) is 4.42 Å². The van der Waals surface area contributed by atoms with E-state index < -0.39 is 21.6 Å². The summed E-state index contributed by atoms with van der Waals surface area (Å²) in [6.07, 6.45) is 1.27. The van der Waals surface area contributed by atoms with Crippen LogP contribution in [0, 0.1) is 5.82 Å². The predicted octanol–water partition coefficient (Wildman–Crippen LogP) is 4.57. The summed E-state index contributed by atoms with van der Waals surface area (Å²) in [6.45, 7) is 0.0754. The SMILES string of the molecule is O=C(CCS(=O)(=O)Cc1ccccc1)N(Cc1ccco1)c1nc2c(F)cccc2s1. The molecule has 0 spiro atoms. The third kappa shape index (κ3) is 5.18. The first-order valence-corrected chi connectivity index (χ1v) is 12.2. The average Bonchev–Trinajstić information content (AvgIpc) is 3.41. The highest BCUT2D eigenvalue weighted by molar-refractivity contribution is 7.90. The molecule has 4 aromatic rings. The van der Waals surface area contributed by atoms with Gasteiger partial charge in [-0.05, 0) is 29.8 Å². The van der Waals surface area contributed by atoms with E-state index in [2.05, 4.69) is 4.98 Å². The summed E-state index contributed by atoms with van der Waals surface area (Å²) in [7, 11) is -3.49. The number of hydrogen-bond donors (Lipinski definition) is 0. The van der Waals surface area contributed by atoms with Crippen LogP contribution in [-0.4, -0.2) is 25.1 Å². The van der Waals surface area contributed by atoms with Gasteiger partial charge in [-0.25, -0.2) is 17.8 Å². The highest BCUT2D eigenvalue weighted by Crippen LogP contribution is 2.31. The number of amides is 1. The Kier molecular flexibility index (Phi) is 6.15. The summed E-state index contributed by atoms with van der Waals surface area (Å²) in [4.78, 5) is 18.7. The van der Waals surface area contributed by atoms with Crippen molar-refractivity contribution < 1.29 is 22.0 Å². The molecule has 0 fully saturated rings. The van der Waals surface area contributed by atoms with E-state index in [1.807, 2.05) is 6.07 Å². The molecular formula is C22H19FN2O4S2. The van der Waals surface area contributed by atoms with Gasteiger partial charge >= 0.3 is 0 Å². The van der Waals surface area contributed by atoms with Crippen LogP contribution in [0.5, 0.6) is 0 Å². The Morgan fingerprint density at radius 2 is 1.87 bits per heavy atom. The van der Waals surface area contributed by atoms with Crippen molar-refractivity contribution in [2.45, 2.75) is 18.7 Å². The van der Waals surface area contributed by atoms with Gasteiger partial charge in [0.2, 0.25) is 5.91 Å². The first-order chi connectivity index (χ1) is 14.9. The van der Waals surface area contributed by atoms with Crippen molar-refractivity contribution in [2.75, 3.05) is 10.7 Å². The van der Waals surface area contributed by atoms with Crippen molar-refractivity contribution in [2.24, 2.45) is 0 Å². The van der Waals surface area contributed by atoms with E-state index in [1.54, 1.807) is 48.5 Å². The minimum atomic E-state index is -3.49. The number of aromatic nitrogens is 1. The number of halogens is 1. The molecule has 0 saturated carbocycles. The van der Waals surface area contributed by atoms with Gasteiger partial charge in [-0.1, -0.05) is 47.7 Å². The van der Waals surface area contributed by atoms with Crippen molar-refractivity contribution >= 4 is 42.4 Å². The highest BCUT2D eigenvalue weighted by Gasteiger charge is 2.24. The van der Waals surface area contributed by atoms with Gasteiger partial charge in [0, 0.05) is 6.42 Å². The standard InChI is InChI=1S/C22H19FN2O4S2/c23-18-9-4-10-19-21(18)24-22(30-19)25(14-17-8-5-12-29-17)20(26)11-13-31(27,28)15-16-6-2-1-3-7-16/h1-10,12H,11,13-15H2. The molecule has 2 aromatic carbocycles. The lowest BCUT2D eigenvalue weighted by molar-refractivity contribution is -0.118. The Labute approximate surface area is 182 Å². The first-order valence-electron chi connectivity index (χ1n) is 9.53. The summed E-state index contributed by atoms with van der Waals surface area (Å²) < 4.78 is 45.1. The number of hydrogen-bond acceptors (Lipinski definition) is 6. The first kappa shape index (κ1) is 21.2. The zero-order valence-corrected chi connectivity index (χ0v) is 18.0. The van der Waals surface area contributed by atoms with Crippen LogP contribution >= 0.6 is 11.3 Å². The predicted molar refractivity (Wildman–Crippen MR) is 118 cm³/mol. The van der Waals surface area contributed by atoms with Crippen molar-refractivity contribution in [3.63, 3.8) is 0 Å². The Morgan fingerprint density at radius 1 is 1.06 bits per heavy atom. The average molecular weight is 459 g/mol. The second-order valence-electron chi connectivity index (χ2n) is 6.97. The van der Waals surface area contributed by atoms with Gasteiger partial charge in [-0.15, -0.1) is 0 Å². The summed E-state index contributed by atoms with van der Waals surface area (Å²) in [5, 5.41) is 0.293. The fraction of sp³-hybridized carbons (Fsp3) is 0.182. The second-order valence-corrected chi connectivity index (χ2v) is 10.2. The maximum Gasteiger partial charge on any atom is 0.230 e. The van der Waals surface area contributed by atoms with E-state index in [0.29, 0.717) is 21.2 Å². The molecule has 0 aliphatic heterocycles. The van der Waals surface area contributed by atoms with E-state index in [0.717, 1.165) is 0 Å². The molecule has 0 aliphatic carbocycles. The summed E-state index contributed by atoms with van der Waals surface area (Å²) in [5.41, 5.74) is 0.848. The summed E-state index contributed by atoms with van der Waals surface area (Å²) >= 11 is 1.17. The molecule has 0 radical (unpaired) electrons. The Morgan fingerprint density at radius 3 is 2.58 bits per heavy atom. The third-order valence-corrected chi connectivity index (χ3v) is 7.28. The Balaban J connectivity index is 1.54. The molecule has 31 heavy (non-hydrogen) atoms. The normalized spacial score (nSPS) is 11.6. The smallest absolute Gasteiger partial charge is 0.230 e. The Bertz CT molecular complexity index is 1290. The van der Waals surface area contributed by atoms with Gasteiger partial charge in [0.15, 0.2) is 15.0 Å². The molecule has 4 rings (SSSR count). The number of nitrogens with zero attached hydrogens (tertiary/aromatic N) is 2. The maximum atomic E-state index is 14.1. The van der Waals surface area contributed by atoms with E-state index in [1.165, 1.54) is 28.6 Å². The van der Waals surface area contributed by atoms with Gasteiger partial charge in [0.1, 0.15) is 17.1 Å². The van der Waals surface area contributed by atoms with E-state index in [9.17, 15) is 17.6 Å². The number of carbonyl (C=O) groups is 1. The number of rotatable bonds is 8. The molecule has 0 N–H and O–H groups in total. The zero-order valence-electron chi connectivity index (χ0n) is 16.4. The number of para-hydroxylation sites is 1. The zero-order chi connectivity index (χ0) is 21.8. The van der Waals surface area contributed by atoms with Gasteiger partial charge in [0.05, 0.1) is 29.0 Å². The minimum absolute atomic E-state index is 0.0754. The quantitative estimate of drug-likeness (QED) is 0.386. The molecule has 0 unspecified atom stereocenters. The molecule has 0 bridgehead atoms. The van der Waals surface area contributed by atoms with Crippen LogP contribution in [0.15, 0.2) is 71.3 Å².